The number of carbonyl (C=O) groups is 1. The Kier molecular flexibility index (Phi) is 4.71. The molecule has 6 nitrogen and oxygen atoms in total. The number of carboxylic acid groups (broad SMARTS) is 1. The van der Waals surface area contributed by atoms with E-state index in [1.807, 2.05) is 0 Å². The molecule has 0 aliphatic rings. The van der Waals surface area contributed by atoms with Crippen LogP contribution >= 0.6 is 0 Å². The van der Waals surface area contributed by atoms with Gasteiger partial charge in [0, 0.05) is 0 Å². The SMILES string of the molecule is CCC(CC)(NS(=O)(=O)CC#N)C(=O)O. The molecule has 7 heteroatoms. The number of nitrogens with zero attached hydrogens (tertiary/aromatic N) is 1. The molecule has 0 heterocycles. The van der Waals surface area contributed by atoms with Gasteiger partial charge in [-0.1, -0.05) is 13.8 Å². The van der Waals surface area contributed by atoms with Gasteiger partial charge in [-0.2, -0.15) is 9.98 Å². The summed E-state index contributed by atoms with van der Waals surface area (Å²) in [5, 5.41) is 17.2. The maximum atomic E-state index is 11.3. The molecule has 15 heavy (non-hydrogen) atoms. The van der Waals surface area contributed by atoms with Crippen LogP contribution in [0.1, 0.15) is 26.7 Å². The summed E-state index contributed by atoms with van der Waals surface area (Å²) in [5.41, 5.74) is -1.50. The van der Waals surface area contributed by atoms with E-state index >= 15 is 0 Å². The first kappa shape index (κ1) is 13.9. The summed E-state index contributed by atoms with van der Waals surface area (Å²) >= 11 is 0. The summed E-state index contributed by atoms with van der Waals surface area (Å²) in [6, 6.07) is 1.47. The number of rotatable bonds is 6. The van der Waals surface area contributed by atoms with Crippen molar-refractivity contribution < 1.29 is 18.3 Å². The zero-order valence-corrected chi connectivity index (χ0v) is 9.47. The van der Waals surface area contributed by atoms with Crippen LogP contribution in [0.3, 0.4) is 0 Å². The van der Waals surface area contributed by atoms with Crippen molar-refractivity contribution >= 4 is 16.0 Å². The normalized spacial score (nSPS) is 12.1. The highest BCUT2D eigenvalue weighted by Crippen LogP contribution is 2.16. The Morgan fingerprint density at radius 2 is 1.93 bits per heavy atom. The minimum absolute atomic E-state index is 0.128. The van der Waals surface area contributed by atoms with Gasteiger partial charge in [-0.15, -0.1) is 0 Å². The molecule has 0 fully saturated rings. The van der Waals surface area contributed by atoms with E-state index in [0.717, 1.165) is 0 Å². The predicted octanol–water partition coefficient (Wildman–Crippen LogP) is 0.0728. The third-order valence-electron chi connectivity index (χ3n) is 2.22. The maximum absolute atomic E-state index is 11.3. The Labute approximate surface area is 89.0 Å². The molecule has 2 N–H and O–H groups in total. The molecule has 0 saturated carbocycles. The van der Waals surface area contributed by atoms with E-state index in [4.69, 9.17) is 10.4 Å². The van der Waals surface area contributed by atoms with Crippen molar-refractivity contribution in [2.45, 2.75) is 32.2 Å². The fourth-order valence-electron chi connectivity index (χ4n) is 1.16. The number of sulfonamides is 1. The number of nitrogens with one attached hydrogen (secondary N) is 1. The molecule has 0 aliphatic heterocycles. The third kappa shape index (κ3) is 3.49. The Morgan fingerprint density at radius 3 is 2.20 bits per heavy atom. The number of hydrogen-bond acceptors (Lipinski definition) is 4. The monoisotopic (exact) mass is 234 g/mol. The topological polar surface area (TPSA) is 107 Å². The summed E-state index contributed by atoms with van der Waals surface area (Å²) in [6.45, 7) is 3.15. The van der Waals surface area contributed by atoms with Gasteiger partial charge in [-0.05, 0) is 12.8 Å². The summed E-state index contributed by atoms with van der Waals surface area (Å²) in [6.07, 6.45) is 0.257. The van der Waals surface area contributed by atoms with Crippen LogP contribution in [0, 0.1) is 11.3 Å². The first-order valence-electron chi connectivity index (χ1n) is 4.45. The van der Waals surface area contributed by atoms with Crippen LogP contribution in [0.4, 0.5) is 0 Å². The molecule has 0 amide bonds. The molecule has 0 aliphatic carbocycles. The van der Waals surface area contributed by atoms with Gasteiger partial charge in [0.1, 0.15) is 5.54 Å². The van der Waals surface area contributed by atoms with Crippen molar-refractivity contribution in [3.63, 3.8) is 0 Å². The Morgan fingerprint density at radius 1 is 1.47 bits per heavy atom. The molecule has 0 aromatic heterocycles. The van der Waals surface area contributed by atoms with Crippen LogP contribution in [0.25, 0.3) is 0 Å². The highest BCUT2D eigenvalue weighted by Gasteiger charge is 2.38. The molecule has 0 aromatic rings. The largest absolute Gasteiger partial charge is 0.480 e. The lowest BCUT2D eigenvalue weighted by Crippen LogP contribution is -2.54. The van der Waals surface area contributed by atoms with E-state index in [1.54, 1.807) is 13.8 Å². The molecule has 0 spiro atoms. The number of aliphatic carboxylic acids is 1. The second-order valence-corrected chi connectivity index (χ2v) is 4.84. The van der Waals surface area contributed by atoms with Gasteiger partial charge < -0.3 is 5.11 Å². The van der Waals surface area contributed by atoms with Crippen molar-refractivity contribution in [2.24, 2.45) is 0 Å². The standard InChI is InChI=1S/C8H14N2O4S/c1-3-8(4-2,7(11)12)10-15(13,14)6-5-9/h10H,3-4,6H2,1-2H3,(H,11,12). The van der Waals surface area contributed by atoms with Crippen LogP contribution in [0.5, 0.6) is 0 Å². The molecular weight excluding hydrogens is 220 g/mol. The van der Waals surface area contributed by atoms with Crippen LogP contribution in [0.2, 0.25) is 0 Å². The second-order valence-electron chi connectivity index (χ2n) is 3.11. The van der Waals surface area contributed by atoms with Crippen molar-refractivity contribution in [1.82, 2.24) is 4.72 Å². The molecule has 0 saturated heterocycles. The van der Waals surface area contributed by atoms with Crippen molar-refractivity contribution in [1.29, 1.82) is 5.26 Å². The summed E-state index contributed by atoms with van der Waals surface area (Å²) in [7, 11) is -3.85. The van der Waals surface area contributed by atoms with Crippen molar-refractivity contribution in [3.8, 4) is 6.07 Å². The molecule has 0 aromatic carbocycles. The quantitative estimate of drug-likeness (QED) is 0.676. The minimum atomic E-state index is -3.85. The Balaban J connectivity index is 5.02. The van der Waals surface area contributed by atoms with E-state index in [1.165, 1.54) is 6.07 Å². The molecule has 0 rings (SSSR count). The first-order chi connectivity index (χ1) is 6.83. The summed E-state index contributed by atoms with van der Waals surface area (Å²) < 4.78 is 24.6. The van der Waals surface area contributed by atoms with Crippen molar-refractivity contribution in [2.75, 3.05) is 5.75 Å². The van der Waals surface area contributed by atoms with Crippen LogP contribution < -0.4 is 4.72 Å². The maximum Gasteiger partial charge on any atom is 0.324 e. The Hall–Kier alpha value is -1.13. The molecule has 0 radical (unpaired) electrons. The lowest BCUT2D eigenvalue weighted by Gasteiger charge is -2.26. The van der Waals surface area contributed by atoms with E-state index in [9.17, 15) is 13.2 Å². The lowest BCUT2D eigenvalue weighted by atomic mass is 9.95. The van der Waals surface area contributed by atoms with Gasteiger partial charge in [0.2, 0.25) is 10.0 Å². The number of hydrogen-bond donors (Lipinski definition) is 2. The van der Waals surface area contributed by atoms with Crippen LogP contribution in [0.15, 0.2) is 0 Å². The van der Waals surface area contributed by atoms with Crippen molar-refractivity contribution in [3.05, 3.63) is 0 Å². The van der Waals surface area contributed by atoms with Gasteiger partial charge >= 0.3 is 5.97 Å². The van der Waals surface area contributed by atoms with E-state index < -0.39 is 27.3 Å². The zero-order valence-electron chi connectivity index (χ0n) is 8.65. The van der Waals surface area contributed by atoms with E-state index in [0.29, 0.717) is 0 Å². The highest BCUT2D eigenvalue weighted by atomic mass is 32.2. The van der Waals surface area contributed by atoms with Gasteiger partial charge in [-0.25, -0.2) is 8.42 Å². The smallest absolute Gasteiger partial charge is 0.324 e. The molecular formula is C8H14N2O4S. The zero-order chi connectivity index (χ0) is 12.1. The predicted molar refractivity (Wildman–Crippen MR) is 53.5 cm³/mol. The molecule has 0 bridgehead atoms. The van der Waals surface area contributed by atoms with E-state index in [-0.39, 0.29) is 12.8 Å². The van der Waals surface area contributed by atoms with E-state index in [2.05, 4.69) is 4.72 Å². The first-order valence-corrected chi connectivity index (χ1v) is 6.10. The van der Waals surface area contributed by atoms with Gasteiger partial charge in [-0.3, -0.25) is 4.79 Å². The Bertz CT molecular complexity index is 365. The second kappa shape index (κ2) is 5.09. The lowest BCUT2D eigenvalue weighted by molar-refractivity contribution is -0.144. The van der Waals surface area contributed by atoms with Gasteiger partial charge in [0.15, 0.2) is 5.75 Å². The minimum Gasteiger partial charge on any atom is -0.480 e. The molecule has 0 unspecified atom stereocenters. The number of carboxylic acids is 1. The summed E-state index contributed by atoms with van der Waals surface area (Å²) in [5.74, 6) is -1.96. The van der Waals surface area contributed by atoms with Crippen LogP contribution in [-0.2, 0) is 14.8 Å². The molecule has 0 atom stereocenters. The number of nitriles is 1. The fourth-order valence-corrected chi connectivity index (χ4v) is 2.37. The molecule has 86 valence electrons. The van der Waals surface area contributed by atoms with Crippen LogP contribution in [-0.4, -0.2) is 30.8 Å². The third-order valence-corrected chi connectivity index (χ3v) is 3.43. The summed E-state index contributed by atoms with van der Waals surface area (Å²) in [4.78, 5) is 11.0. The fraction of sp³-hybridized carbons (Fsp3) is 0.750. The van der Waals surface area contributed by atoms with Gasteiger partial charge in [0.25, 0.3) is 0 Å². The average molecular weight is 234 g/mol. The highest BCUT2D eigenvalue weighted by molar-refractivity contribution is 7.89. The van der Waals surface area contributed by atoms with Gasteiger partial charge in [0.05, 0.1) is 6.07 Å². The average Bonchev–Trinajstić information content (AvgIpc) is 2.13.